The lowest BCUT2D eigenvalue weighted by molar-refractivity contribution is 0.0924. The van der Waals surface area contributed by atoms with E-state index in [0.717, 1.165) is 19.3 Å². The van der Waals surface area contributed by atoms with Crippen molar-refractivity contribution in [3.8, 4) is 0 Å². The summed E-state index contributed by atoms with van der Waals surface area (Å²) in [7, 11) is 0. The van der Waals surface area contributed by atoms with E-state index >= 15 is 0 Å². The Hall–Kier alpha value is -1.45. The topological polar surface area (TPSA) is 42.0 Å². The number of carbonyl (C=O) groups is 1. The van der Waals surface area contributed by atoms with Crippen LogP contribution in [0.15, 0.2) is 18.3 Å². The molecule has 1 amide bonds. The summed E-state index contributed by atoms with van der Waals surface area (Å²) in [6.07, 6.45) is 4.57. The van der Waals surface area contributed by atoms with Gasteiger partial charge < -0.3 is 5.32 Å². The molecule has 0 aromatic carbocycles. The summed E-state index contributed by atoms with van der Waals surface area (Å²) in [5, 5.41) is 2.87. The summed E-state index contributed by atoms with van der Waals surface area (Å²) < 4.78 is 13.2. The average Bonchev–Trinajstić information content (AvgIpc) is 2.65. The fraction of sp³-hybridized carbons (Fsp3) is 0.500. The Kier molecular flexibility index (Phi) is 3.17. The minimum absolute atomic E-state index is 0.0293. The summed E-state index contributed by atoms with van der Waals surface area (Å²) in [6, 6.07) is 3.19. The van der Waals surface area contributed by atoms with Crippen LogP contribution in [-0.2, 0) is 0 Å². The second kappa shape index (κ2) is 4.60. The third kappa shape index (κ3) is 2.21. The highest BCUT2D eigenvalue weighted by molar-refractivity contribution is 5.94. The summed E-state index contributed by atoms with van der Waals surface area (Å²) in [6.45, 7) is 2.11. The predicted molar refractivity (Wildman–Crippen MR) is 58.5 cm³/mol. The van der Waals surface area contributed by atoms with E-state index in [9.17, 15) is 9.18 Å². The van der Waals surface area contributed by atoms with Gasteiger partial charge in [-0.25, -0.2) is 4.98 Å². The van der Waals surface area contributed by atoms with Gasteiger partial charge >= 0.3 is 0 Å². The second-order valence-electron chi connectivity index (χ2n) is 4.33. The lowest BCUT2D eigenvalue weighted by atomic mass is 10.1. The number of pyridine rings is 1. The van der Waals surface area contributed by atoms with Crippen LogP contribution in [0.4, 0.5) is 4.39 Å². The van der Waals surface area contributed by atoms with Crippen LogP contribution in [0.1, 0.15) is 36.5 Å². The number of aromatic nitrogens is 1. The Bertz CT molecular complexity index is 394. The molecule has 0 spiro atoms. The highest BCUT2D eigenvalue weighted by Gasteiger charge is 2.25. The molecule has 1 heterocycles. The minimum Gasteiger partial charge on any atom is -0.349 e. The van der Waals surface area contributed by atoms with Gasteiger partial charge in [-0.05, 0) is 30.9 Å². The van der Waals surface area contributed by atoms with Crippen molar-refractivity contribution in [3.63, 3.8) is 0 Å². The van der Waals surface area contributed by atoms with Gasteiger partial charge in [0.15, 0.2) is 0 Å². The number of amides is 1. The normalized spacial score (nSPS) is 24.4. The molecule has 1 N–H and O–H groups in total. The quantitative estimate of drug-likeness (QED) is 0.779. The zero-order valence-electron chi connectivity index (χ0n) is 9.24. The maximum Gasteiger partial charge on any atom is 0.256 e. The van der Waals surface area contributed by atoms with E-state index in [4.69, 9.17) is 0 Å². The van der Waals surface area contributed by atoms with Gasteiger partial charge in [-0.3, -0.25) is 4.79 Å². The maximum absolute atomic E-state index is 13.2. The molecule has 1 saturated carbocycles. The summed E-state index contributed by atoms with van der Waals surface area (Å²) in [5.41, 5.74) is 0.0293. The molecule has 3 nitrogen and oxygen atoms in total. The molecule has 2 unspecified atom stereocenters. The standard InChI is InChI=1S/C12H15FN2O/c1-8-4-2-6-10(8)15-12(16)9-5-3-7-14-11(9)13/h3,5,7-8,10H,2,4,6H2,1H3,(H,15,16). The fourth-order valence-corrected chi connectivity index (χ4v) is 2.16. The number of carbonyl (C=O) groups excluding carboxylic acids is 1. The molecule has 0 radical (unpaired) electrons. The minimum atomic E-state index is -0.703. The van der Waals surface area contributed by atoms with Gasteiger partial charge in [-0.15, -0.1) is 0 Å². The van der Waals surface area contributed by atoms with E-state index in [1.807, 2.05) is 0 Å². The number of rotatable bonds is 2. The third-order valence-corrected chi connectivity index (χ3v) is 3.18. The number of hydrogen-bond acceptors (Lipinski definition) is 2. The number of hydrogen-bond donors (Lipinski definition) is 1. The molecule has 2 rings (SSSR count). The molecular formula is C12H15FN2O. The van der Waals surface area contributed by atoms with Crippen molar-refractivity contribution in [2.45, 2.75) is 32.2 Å². The van der Waals surface area contributed by atoms with Crippen LogP contribution in [-0.4, -0.2) is 16.9 Å². The van der Waals surface area contributed by atoms with Gasteiger partial charge in [0, 0.05) is 12.2 Å². The molecule has 0 aliphatic heterocycles. The smallest absolute Gasteiger partial charge is 0.256 e. The molecule has 0 bridgehead atoms. The Labute approximate surface area is 94.1 Å². The Morgan fingerprint density at radius 3 is 3.00 bits per heavy atom. The van der Waals surface area contributed by atoms with Crippen LogP contribution in [0.3, 0.4) is 0 Å². The first-order valence-corrected chi connectivity index (χ1v) is 5.60. The van der Waals surface area contributed by atoms with E-state index in [0.29, 0.717) is 5.92 Å². The molecule has 1 aliphatic rings. The van der Waals surface area contributed by atoms with Crippen molar-refractivity contribution in [1.29, 1.82) is 0 Å². The van der Waals surface area contributed by atoms with Gasteiger partial charge in [-0.2, -0.15) is 4.39 Å². The highest BCUT2D eigenvalue weighted by Crippen LogP contribution is 2.25. The first-order chi connectivity index (χ1) is 7.68. The summed E-state index contributed by atoms with van der Waals surface area (Å²) in [4.78, 5) is 15.2. The van der Waals surface area contributed by atoms with Crippen LogP contribution >= 0.6 is 0 Å². The van der Waals surface area contributed by atoms with Crippen molar-refractivity contribution in [1.82, 2.24) is 10.3 Å². The van der Waals surface area contributed by atoms with Crippen LogP contribution in [0, 0.1) is 11.9 Å². The Morgan fingerprint density at radius 2 is 2.38 bits per heavy atom. The van der Waals surface area contributed by atoms with Gasteiger partial charge in [0.05, 0.1) is 5.56 Å². The van der Waals surface area contributed by atoms with Crippen molar-refractivity contribution in [2.24, 2.45) is 5.92 Å². The molecular weight excluding hydrogens is 207 g/mol. The number of nitrogens with zero attached hydrogens (tertiary/aromatic N) is 1. The fourth-order valence-electron chi connectivity index (χ4n) is 2.16. The summed E-state index contributed by atoms with van der Waals surface area (Å²) >= 11 is 0. The molecule has 16 heavy (non-hydrogen) atoms. The van der Waals surface area contributed by atoms with Crippen molar-refractivity contribution < 1.29 is 9.18 Å². The first kappa shape index (κ1) is 11.0. The van der Waals surface area contributed by atoms with E-state index < -0.39 is 5.95 Å². The largest absolute Gasteiger partial charge is 0.349 e. The van der Waals surface area contributed by atoms with E-state index in [2.05, 4.69) is 17.2 Å². The van der Waals surface area contributed by atoms with Crippen LogP contribution < -0.4 is 5.32 Å². The van der Waals surface area contributed by atoms with Gasteiger partial charge in [0.2, 0.25) is 5.95 Å². The molecule has 4 heteroatoms. The van der Waals surface area contributed by atoms with Crippen LogP contribution in [0.5, 0.6) is 0 Å². The zero-order valence-corrected chi connectivity index (χ0v) is 9.24. The summed E-state index contributed by atoms with van der Waals surface area (Å²) in [5.74, 6) is -0.585. The van der Waals surface area contributed by atoms with Crippen molar-refractivity contribution in [3.05, 3.63) is 29.8 Å². The predicted octanol–water partition coefficient (Wildman–Crippen LogP) is 2.14. The molecule has 2 atom stereocenters. The monoisotopic (exact) mass is 222 g/mol. The molecule has 86 valence electrons. The van der Waals surface area contributed by atoms with E-state index in [-0.39, 0.29) is 17.5 Å². The number of nitrogens with one attached hydrogen (secondary N) is 1. The van der Waals surface area contributed by atoms with E-state index in [1.165, 1.54) is 12.3 Å². The Balaban J connectivity index is 2.06. The zero-order chi connectivity index (χ0) is 11.5. The number of halogens is 1. The van der Waals surface area contributed by atoms with E-state index in [1.54, 1.807) is 6.07 Å². The highest BCUT2D eigenvalue weighted by atomic mass is 19.1. The lowest BCUT2D eigenvalue weighted by Crippen LogP contribution is -2.36. The average molecular weight is 222 g/mol. The molecule has 0 saturated heterocycles. The van der Waals surface area contributed by atoms with Gasteiger partial charge in [-0.1, -0.05) is 13.3 Å². The maximum atomic E-state index is 13.2. The second-order valence-corrected chi connectivity index (χ2v) is 4.33. The third-order valence-electron chi connectivity index (χ3n) is 3.18. The SMILES string of the molecule is CC1CCCC1NC(=O)c1cccnc1F. The molecule has 1 aliphatic carbocycles. The van der Waals surface area contributed by atoms with Gasteiger partial charge in [0.1, 0.15) is 0 Å². The van der Waals surface area contributed by atoms with Crippen molar-refractivity contribution >= 4 is 5.91 Å². The molecule has 1 aromatic rings. The Morgan fingerprint density at radius 1 is 1.56 bits per heavy atom. The molecule has 1 fully saturated rings. The van der Waals surface area contributed by atoms with Crippen LogP contribution in [0.25, 0.3) is 0 Å². The van der Waals surface area contributed by atoms with Crippen molar-refractivity contribution in [2.75, 3.05) is 0 Å². The molecule has 1 aromatic heterocycles. The van der Waals surface area contributed by atoms with Gasteiger partial charge in [0.25, 0.3) is 5.91 Å². The first-order valence-electron chi connectivity index (χ1n) is 5.60. The lowest BCUT2D eigenvalue weighted by Gasteiger charge is -2.17. The van der Waals surface area contributed by atoms with Crippen LogP contribution in [0.2, 0.25) is 0 Å².